The molecule has 0 radical (unpaired) electrons. The van der Waals surface area contributed by atoms with Crippen LogP contribution in [0.4, 0.5) is 0 Å². The molecule has 26 heavy (non-hydrogen) atoms. The number of nitrogens with one attached hydrogen (secondary N) is 2. The number of amides is 2. The van der Waals surface area contributed by atoms with Gasteiger partial charge in [0.25, 0.3) is 11.8 Å². The topological polar surface area (TPSA) is 93.5 Å². The molecule has 0 aliphatic rings. The summed E-state index contributed by atoms with van der Waals surface area (Å²) in [5, 5.41) is 5.99. The van der Waals surface area contributed by atoms with Gasteiger partial charge in [0.05, 0.1) is 5.02 Å². The van der Waals surface area contributed by atoms with E-state index in [1.54, 1.807) is 36.4 Å². The lowest BCUT2D eigenvalue weighted by molar-refractivity contribution is -0.123. The van der Waals surface area contributed by atoms with Gasteiger partial charge in [0.2, 0.25) is 0 Å². The summed E-state index contributed by atoms with van der Waals surface area (Å²) in [6.07, 6.45) is 0.616. The van der Waals surface area contributed by atoms with Crippen molar-refractivity contribution in [2.75, 3.05) is 19.7 Å². The lowest BCUT2D eigenvalue weighted by atomic mass is 10.1. The molecule has 0 spiro atoms. The van der Waals surface area contributed by atoms with Crippen LogP contribution in [0.1, 0.15) is 22.3 Å². The molecule has 6 nitrogen and oxygen atoms in total. The first-order valence-electron chi connectivity index (χ1n) is 8.31. The van der Waals surface area contributed by atoms with Crippen molar-refractivity contribution < 1.29 is 14.3 Å². The van der Waals surface area contributed by atoms with Crippen LogP contribution in [0, 0.1) is 0 Å². The molecule has 0 heterocycles. The number of nitrogens with two attached hydrogens (primary N) is 1. The van der Waals surface area contributed by atoms with Gasteiger partial charge in [-0.2, -0.15) is 0 Å². The minimum atomic E-state index is -0.242. The zero-order valence-electron chi connectivity index (χ0n) is 14.3. The predicted molar refractivity (Wildman–Crippen MR) is 101 cm³/mol. The van der Waals surface area contributed by atoms with Gasteiger partial charge >= 0.3 is 0 Å². The fourth-order valence-corrected chi connectivity index (χ4v) is 2.36. The highest BCUT2D eigenvalue weighted by Gasteiger charge is 2.06. The summed E-state index contributed by atoms with van der Waals surface area (Å²) in [5.41, 5.74) is 7.08. The third-order valence-corrected chi connectivity index (χ3v) is 3.92. The number of carbonyl (C=O) groups excluding carboxylic acids is 2. The highest BCUT2D eigenvalue weighted by atomic mass is 35.5. The lowest BCUT2D eigenvalue weighted by Gasteiger charge is -2.09. The van der Waals surface area contributed by atoms with Gasteiger partial charge in [-0.3, -0.25) is 9.59 Å². The Hall–Kier alpha value is -2.57. The van der Waals surface area contributed by atoms with Crippen LogP contribution in [-0.2, 0) is 11.3 Å². The standard InChI is InChI=1S/C19H22ClN3O3/c20-16-4-1-2-5-17(16)26-13-18(24)22-10-3-11-23-19(25)15-8-6-14(12-21)7-9-15/h1-2,4-9H,3,10-13,21H2,(H,22,24)(H,23,25). The molecule has 2 amide bonds. The summed E-state index contributed by atoms with van der Waals surface area (Å²) in [6.45, 7) is 1.24. The van der Waals surface area contributed by atoms with Crippen molar-refractivity contribution in [2.24, 2.45) is 5.73 Å². The van der Waals surface area contributed by atoms with Crippen LogP contribution in [0.5, 0.6) is 5.75 Å². The Morgan fingerprint density at radius 1 is 1.00 bits per heavy atom. The van der Waals surface area contributed by atoms with Crippen molar-refractivity contribution in [3.05, 3.63) is 64.7 Å². The summed E-state index contributed by atoms with van der Waals surface area (Å²) in [7, 11) is 0. The number of benzene rings is 2. The fraction of sp³-hybridized carbons (Fsp3) is 0.263. The van der Waals surface area contributed by atoms with Gasteiger partial charge in [-0.25, -0.2) is 0 Å². The zero-order valence-corrected chi connectivity index (χ0v) is 15.1. The van der Waals surface area contributed by atoms with Crippen molar-refractivity contribution in [3.63, 3.8) is 0 Å². The number of rotatable bonds is 9. The molecule has 0 atom stereocenters. The van der Waals surface area contributed by atoms with E-state index in [0.29, 0.717) is 42.4 Å². The maximum Gasteiger partial charge on any atom is 0.257 e. The highest BCUT2D eigenvalue weighted by Crippen LogP contribution is 2.22. The van der Waals surface area contributed by atoms with Crippen LogP contribution < -0.4 is 21.1 Å². The van der Waals surface area contributed by atoms with Crippen LogP contribution >= 0.6 is 11.6 Å². The maximum absolute atomic E-state index is 12.0. The van der Waals surface area contributed by atoms with Crippen molar-refractivity contribution in [1.29, 1.82) is 0 Å². The molecule has 2 aromatic carbocycles. The average Bonchev–Trinajstić information content (AvgIpc) is 2.67. The molecular weight excluding hydrogens is 354 g/mol. The van der Waals surface area contributed by atoms with E-state index in [0.717, 1.165) is 5.56 Å². The van der Waals surface area contributed by atoms with E-state index < -0.39 is 0 Å². The number of halogens is 1. The Morgan fingerprint density at radius 2 is 1.69 bits per heavy atom. The van der Waals surface area contributed by atoms with E-state index in [1.807, 2.05) is 12.1 Å². The minimum absolute atomic E-state index is 0.108. The largest absolute Gasteiger partial charge is 0.482 e. The van der Waals surface area contributed by atoms with Gasteiger partial charge in [-0.15, -0.1) is 0 Å². The number of ether oxygens (including phenoxy) is 1. The minimum Gasteiger partial charge on any atom is -0.482 e. The number of hydrogen-bond acceptors (Lipinski definition) is 4. The van der Waals surface area contributed by atoms with Gasteiger partial charge in [-0.05, 0) is 36.2 Å². The second-order valence-electron chi connectivity index (χ2n) is 5.58. The number of hydrogen-bond donors (Lipinski definition) is 3. The summed E-state index contributed by atoms with van der Waals surface area (Å²) >= 11 is 5.95. The quantitative estimate of drug-likeness (QED) is 0.585. The molecule has 0 saturated carbocycles. The molecule has 0 unspecified atom stereocenters. The van der Waals surface area contributed by atoms with E-state index in [-0.39, 0.29) is 18.4 Å². The molecule has 4 N–H and O–H groups in total. The smallest absolute Gasteiger partial charge is 0.257 e. The molecule has 0 aromatic heterocycles. The predicted octanol–water partition coefficient (Wildman–Crippen LogP) is 2.11. The summed E-state index contributed by atoms with van der Waals surface area (Å²) in [4.78, 5) is 23.7. The molecule has 7 heteroatoms. The molecule has 2 rings (SSSR count). The molecule has 0 aliphatic heterocycles. The normalized spacial score (nSPS) is 10.2. The van der Waals surface area contributed by atoms with Gasteiger partial charge in [0, 0.05) is 25.2 Å². The first kappa shape index (κ1) is 19.8. The third kappa shape index (κ3) is 6.38. The second kappa shape index (κ2) is 10.4. The first-order valence-corrected chi connectivity index (χ1v) is 8.69. The monoisotopic (exact) mass is 375 g/mol. The van der Waals surface area contributed by atoms with Gasteiger partial charge in [0.1, 0.15) is 5.75 Å². The van der Waals surface area contributed by atoms with Crippen molar-refractivity contribution in [3.8, 4) is 5.75 Å². The first-order chi connectivity index (χ1) is 12.6. The molecule has 0 aliphatic carbocycles. The number of carbonyl (C=O) groups is 2. The van der Waals surface area contributed by atoms with E-state index >= 15 is 0 Å². The summed E-state index contributed by atoms with van der Waals surface area (Å²) < 4.78 is 5.35. The van der Waals surface area contributed by atoms with Crippen molar-refractivity contribution in [2.45, 2.75) is 13.0 Å². The Bertz CT molecular complexity index is 735. The Morgan fingerprint density at radius 3 is 2.38 bits per heavy atom. The Balaban J connectivity index is 1.60. The van der Waals surface area contributed by atoms with E-state index in [9.17, 15) is 9.59 Å². The average molecular weight is 376 g/mol. The van der Waals surface area contributed by atoms with E-state index in [2.05, 4.69) is 10.6 Å². The molecule has 0 fully saturated rings. The van der Waals surface area contributed by atoms with Crippen LogP contribution in [0.25, 0.3) is 0 Å². The van der Waals surface area contributed by atoms with Crippen molar-refractivity contribution >= 4 is 23.4 Å². The number of para-hydroxylation sites is 1. The van der Waals surface area contributed by atoms with Crippen molar-refractivity contribution in [1.82, 2.24) is 10.6 Å². The van der Waals surface area contributed by atoms with Crippen LogP contribution in [0.15, 0.2) is 48.5 Å². The van der Waals surface area contributed by atoms with E-state index in [1.165, 1.54) is 0 Å². The van der Waals surface area contributed by atoms with E-state index in [4.69, 9.17) is 22.1 Å². The summed E-state index contributed by atoms with van der Waals surface area (Å²) in [5.74, 6) is 0.0767. The SMILES string of the molecule is NCc1ccc(C(=O)NCCCNC(=O)COc2ccccc2Cl)cc1. The van der Waals surface area contributed by atoms with Gasteiger partial charge in [-0.1, -0.05) is 35.9 Å². The highest BCUT2D eigenvalue weighted by molar-refractivity contribution is 6.32. The second-order valence-corrected chi connectivity index (χ2v) is 5.99. The molecule has 0 bridgehead atoms. The van der Waals surface area contributed by atoms with Crippen LogP contribution in [0.3, 0.4) is 0 Å². The molecule has 0 saturated heterocycles. The maximum atomic E-state index is 12.0. The van der Waals surface area contributed by atoms with Crippen LogP contribution in [0.2, 0.25) is 5.02 Å². The van der Waals surface area contributed by atoms with Crippen LogP contribution in [-0.4, -0.2) is 31.5 Å². The molecular formula is C19H22ClN3O3. The Labute approximate surface area is 157 Å². The fourth-order valence-electron chi connectivity index (χ4n) is 2.17. The Kier molecular flexibility index (Phi) is 7.92. The zero-order chi connectivity index (χ0) is 18.8. The summed E-state index contributed by atoms with van der Waals surface area (Å²) in [6, 6.07) is 14.1. The molecule has 2 aromatic rings. The van der Waals surface area contributed by atoms with Gasteiger partial charge < -0.3 is 21.1 Å². The third-order valence-electron chi connectivity index (χ3n) is 3.61. The van der Waals surface area contributed by atoms with Gasteiger partial charge in [0.15, 0.2) is 6.61 Å². The molecule has 138 valence electrons. The lowest BCUT2D eigenvalue weighted by Crippen LogP contribution is -2.32.